The van der Waals surface area contributed by atoms with E-state index in [1.807, 2.05) is 0 Å². The van der Waals surface area contributed by atoms with Crippen molar-refractivity contribution in [1.82, 2.24) is 9.97 Å². The highest BCUT2D eigenvalue weighted by atomic mass is 35.5. The van der Waals surface area contributed by atoms with Crippen LogP contribution >= 0.6 is 11.6 Å². The number of anilines is 4. The van der Waals surface area contributed by atoms with E-state index < -0.39 is 16.6 Å². The Bertz CT molecular complexity index is 1170. The van der Waals surface area contributed by atoms with E-state index in [1.165, 1.54) is 39.5 Å². The summed E-state index contributed by atoms with van der Waals surface area (Å²) in [5.74, 6) is -0.177. The molecule has 0 amide bonds. The topological polar surface area (TPSA) is 138 Å². The van der Waals surface area contributed by atoms with E-state index in [0.29, 0.717) is 17.2 Å². The number of nitrogens with zero attached hydrogens (tertiary/aromatic N) is 3. The van der Waals surface area contributed by atoms with Crippen molar-refractivity contribution in [3.63, 3.8) is 0 Å². The van der Waals surface area contributed by atoms with Gasteiger partial charge in [-0.05, 0) is 18.2 Å². The Hall–Kier alpha value is -4.12. The second-order valence-electron chi connectivity index (χ2n) is 6.15. The molecule has 1 heterocycles. The van der Waals surface area contributed by atoms with Gasteiger partial charge in [-0.1, -0.05) is 23.7 Å². The Morgan fingerprint density at radius 1 is 1.00 bits per heavy atom. The van der Waals surface area contributed by atoms with Crippen LogP contribution in [0.5, 0.6) is 11.5 Å². The van der Waals surface area contributed by atoms with E-state index in [2.05, 4.69) is 20.6 Å². The van der Waals surface area contributed by atoms with Gasteiger partial charge < -0.3 is 24.8 Å². The van der Waals surface area contributed by atoms with Crippen molar-refractivity contribution in [3.8, 4) is 11.5 Å². The third-order valence-electron chi connectivity index (χ3n) is 4.32. The molecule has 0 saturated carbocycles. The molecule has 3 rings (SSSR count). The summed E-state index contributed by atoms with van der Waals surface area (Å²) in [5.41, 5.74) is 0.320. The number of esters is 1. The van der Waals surface area contributed by atoms with Crippen LogP contribution in [0, 0.1) is 10.1 Å². The maximum atomic E-state index is 12.0. The molecule has 11 nitrogen and oxygen atoms in total. The summed E-state index contributed by atoms with van der Waals surface area (Å²) in [5, 5.41) is 17.8. The minimum atomic E-state index is -0.650. The van der Waals surface area contributed by atoms with E-state index in [9.17, 15) is 14.9 Å². The molecule has 0 unspecified atom stereocenters. The zero-order chi connectivity index (χ0) is 23.3. The number of hydrogen-bond acceptors (Lipinski definition) is 10. The van der Waals surface area contributed by atoms with E-state index in [0.717, 1.165) is 6.33 Å². The first-order chi connectivity index (χ1) is 15.4. The molecule has 166 valence electrons. The Morgan fingerprint density at radius 3 is 2.22 bits per heavy atom. The molecule has 0 aliphatic carbocycles. The predicted octanol–water partition coefficient (Wildman–Crippen LogP) is 4.33. The molecule has 0 radical (unpaired) electrons. The van der Waals surface area contributed by atoms with Gasteiger partial charge in [0.2, 0.25) is 11.6 Å². The highest BCUT2D eigenvalue weighted by Gasteiger charge is 2.25. The number of para-hydroxylation sites is 1. The summed E-state index contributed by atoms with van der Waals surface area (Å²) >= 11 is 6.18. The zero-order valence-corrected chi connectivity index (χ0v) is 18.0. The number of nitro groups is 1. The van der Waals surface area contributed by atoms with Crippen LogP contribution in [-0.4, -0.2) is 42.2 Å². The molecule has 0 spiro atoms. The first-order valence-electron chi connectivity index (χ1n) is 9.01. The molecule has 2 N–H and O–H groups in total. The maximum Gasteiger partial charge on any atom is 0.353 e. The lowest BCUT2D eigenvalue weighted by Crippen LogP contribution is -2.09. The van der Waals surface area contributed by atoms with E-state index in [-0.39, 0.29) is 27.9 Å². The van der Waals surface area contributed by atoms with Crippen LogP contribution in [-0.2, 0) is 4.74 Å². The van der Waals surface area contributed by atoms with Crippen molar-refractivity contribution in [1.29, 1.82) is 0 Å². The van der Waals surface area contributed by atoms with Gasteiger partial charge in [-0.25, -0.2) is 14.8 Å². The Balaban J connectivity index is 2.05. The van der Waals surface area contributed by atoms with Gasteiger partial charge in [0.25, 0.3) is 0 Å². The lowest BCUT2D eigenvalue weighted by atomic mass is 10.2. The van der Waals surface area contributed by atoms with E-state index >= 15 is 0 Å². The molecule has 0 bridgehead atoms. The summed E-state index contributed by atoms with van der Waals surface area (Å²) in [6, 6.07) is 9.40. The number of nitrogens with one attached hydrogen (secondary N) is 2. The molecule has 0 atom stereocenters. The fraction of sp³-hybridized carbons (Fsp3) is 0.150. The molecule has 2 aromatic carbocycles. The number of rotatable bonds is 8. The van der Waals surface area contributed by atoms with Crippen LogP contribution in [0.2, 0.25) is 5.02 Å². The number of hydrogen-bond donors (Lipinski definition) is 2. The molecular weight excluding hydrogens is 442 g/mol. The average Bonchev–Trinajstić information content (AvgIpc) is 2.79. The SMILES string of the molecule is COC(=O)c1ccccc1Nc1ncnc(Nc2cc(Cl)c(OC)cc2OC)c1[N+](=O)[O-]. The molecular formula is C20H18ClN5O6. The summed E-state index contributed by atoms with van der Waals surface area (Å²) in [4.78, 5) is 31.2. The van der Waals surface area contributed by atoms with Gasteiger partial charge in [-0.3, -0.25) is 10.1 Å². The highest BCUT2D eigenvalue weighted by Crippen LogP contribution is 2.40. The monoisotopic (exact) mass is 459 g/mol. The van der Waals surface area contributed by atoms with E-state index in [1.54, 1.807) is 18.2 Å². The van der Waals surface area contributed by atoms with Crippen LogP contribution in [0.15, 0.2) is 42.7 Å². The normalized spacial score (nSPS) is 10.2. The number of carbonyl (C=O) groups excluding carboxylic acids is 1. The average molecular weight is 460 g/mol. The lowest BCUT2D eigenvalue weighted by Gasteiger charge is -2.15. The maximum absolute atomic E-state index is 12.0. The van der Waals surface area contributed by atoms with Crippen LogP contribution in [0.1, 0.15) is 10.4 Å². The molecule has 12 heteroatoms. The molecule has 32 heavy (non-hydrogen) atoms. The Labute approximate surface area is 187 Å². The molecule has 0 saturated heterocycles. The van der Waals surface area contributed by atoms with Gasteiger partial charge in [0.05, 0.1) is 48.2 Å². The number of methoxy groups -OCH3 is 3. The van der Waals surface area contributed by atoms with Crippen molar-refractivity contribution in [2.75, 3.05) is 32.0 Å². The predicted molar refractivity (Wildman–Crippen MR) is 118 cm³/mol. The third-order valence-corrected chi connectivity index (χ3v) is 4.61. The van der Waals surface area contributed by atoms with Crippen LogP contribution in [0.4, 0.5) is 28.7 Å². The van der Waals surface area contributed by atoms with Gasteiger partial charge in [-0.2, -0.15) is 0 Å². The fourth-order valence-corrected chi connectivity index (χ4v) is 3.07. The number of benzene rings is 2. The number of ether oxygens (including phenoxy) is 3. The Morgan fingerprint density at radius 2 is 1.62 bits per heavy atom. The second kappa shape index (κ2) is 9.79. The van der Waals surface area contributed by atoms with Crippen LogP contribution < -0.4 is 20.1 Å². The van der Waals surface area contributed by atoms with Crippen molar-refractivity contribution >= 4 is 46.3 Å². The number of carbonyl (C=O) groups is 1. The molecule has 1 aromatic heterocycles. The number of aromatic nitrogens is 2. The minimum Gasteiger partial charge on any atom is -0.495 e. The summed E-state index contributed by atoms with van der Waals surface area (Å²) in [6.45, 7) is 0. The lowest BCUT2D eigenvalue weighted by molar-refractivity contribution is -0.383. The molecule has 0 aliphatic rings. The smallest absolute Gasteiger partial charge is 0.353 e. The fourth-order valence-electron chi connectivity index (χ4n) is 2.83. The molecule has 0 aliphatic heterocycles. The van der Waals surface area contributed by atoms with Crippen molar-refractivity contribution in [3.05, 3.63) is 63.4 Å². The van der Waals surface area contributed by atoms with Gasteiger partial charge in [0.1, 0.15) is 17.8 Å². The van der Waals surface area contributed by atoms with Gasteiger partial charge >= 0.3 is 11.7 Å². The van der Waals surface area contributed by atoms with Crippen molar-refractivity contribution in [2.24, 2.45) is 0 Å². The summed E-state index contributed by atoms with van der Waals surface area (Å²) in [7, 11) is 4.12. The van der Waals surface area contributed by atoms with Gasteiger partial charge in [-0.15, -0.1) is 0 Å². The number of halogens is 1. The second-order valence-corrected chi connectivity index (χ2v) is 6.56. The van der Waals surface area contributed by atoms with Gasteiger partial charge in [0.15, 0.2) is 0 Å². The zero-order valence-electron chi connectivity index (χ0n) is 17.2. The third kappa shape index (κ3) is 4.62. The van der Waals surface area contributed by atoms with E-state index in [4.69, 9.17) is 25.8 Å². The van der Waals surface area contributed by atoms with Crippen molar-refractivity contribution < 1.29 is 23.9 Å². The van der Waals surface area contributed by atoms with Gasteiger partial charge in [0, 0.05) is 6.07 Å². The molecule has 3 aromatic rings. The Kier molecular flexibility index (Phi) is 6.90. The first-order valence-corrected chi connectivity index (χ1v) is 9.39. The highest BCUT2D eigenvalue weighted by molar-refractivity contribution is 6.32. The minimum absolute atomic E-state index is 0.123. The quantitative estimate of drug-likeness (QED) is 0.284. The largest absolute Gasteiger partial charge is 0.495 e. The molecule has 0 fully saturated rings. The van der Waals surface area contributed by atoms with Crippen LogP contribution in [0.3, 0.4) is 0 Å². The standard InChI is InChI=1S/C20H18ClN5O6/c1-30-15-9-16(31-2)14(8-12(15)21)25-19-17(26(28)29)18(22-10-23-19)24-13-7-5-4-6-11(13)20(27)32-3/h4-10H,1-3H3,(H2,22,23,24,25). The summed E-state index contributed by atoms with van der Waals surface area (Å²) in [6.07, 6.45) is 1.13. The van der Waals surface area contributed by atoms with Crippen molar-refractivity contribution in [2.45, 2.75) is 0 Å². The first kappa shape index (κ1) is 22.6. The summed E-state index contributed by atoms with van der Waals surface area (Å²) < 4.78 is 15.2. The van der Waals surface area contributed by atoms with Crippen LogP contribution in [0.25, 0.3) is 0 Å².